The van der Waals surface area contributed by atoms with Gasteiger partial charge in [-0.3, -0.25) is 0 Å². The summed E-state index contributed by atoms with van der Waals surface area (Å²) < 4.78 is 5.89. The molecule has 1 aliphatic carbocycles. The van der Waals surface area contributed by atoms with Gasteiger partial charge in [0.15, 0.2) is 0 Å². The molecule has 1 aliphatic rings. The number of nitrogens with zero attached hydrogens (tertiary/aromatic N) is 2. The number of aromatic amines is 1. The molecule has 122 valence electrons. The molecule has 0 aliphatic heterocycles. The minimum atomic E-state index is 0.416. The molecule has 0 amide bonds. The third-order valence-electron chi connectivity index (χ3n) is 4.46. The SMILES string of the molecule is Clc1ccc(-c2nnc(-c3c[nH]c4c3Cc3ccccc3-4)o2)cc1Cl. The Bertz CT molecular complexity index is 1110. The first kappa shape index (κ1) is 14.8. The van der Waals surface area contributed by atoms with Gasteiger partial charge in [-0.25, -0.2) is 0 Å². The topological polar surface area (TPSA) is 54.7 Å². The Kier molecular flexibility index (Phi) is 3.23. The van der Waals surface area contributed by atoms with Crippen LogP contribution < -0.4 is 0 Å². The molecule has 0 saturated heterocycles. The minimum absolute atomic E-state index is 0.416. The van der Waals surface area contributed by atoms with Crippen molar-refractivity contribution in [1.82, 2.24) is 15.2 Å². The van der Waals surface area contributed by atoms with E-state index in [1.165, 1.54) is 16.7 Å². The lowest BCUT2D eigenvalue weighted by molar-refractivity contribution is 0.584. The van der Waals surface area contributed by atoms with E-state index in [-0.39, 0.29) is 0 Å². The summed E-state index contributed by atoms with van der Waals surface area (Å²) in [5.74, 6) is 0.908. The van der Waals surface area contributed by atoms with E-state index in [2.05, 4.69) is 33.4 Å². The fourth-order valence-electron chi connectivity index (χ4n) is 3.25. The maximum Gasteiger partial charge on any atom is 0.250 e. The second-order valence-electron chi connectivity index (χ2n) is 5.93. The van der Waals surface area contributed by atoms with E-state index < -0.39 is 0 Å². The van der Waals surface area contributed by atoms with Crippen LogP contribution in [0.2, 0.25) is 10.0 Å². The van der Waals surface area contributed by atoms with Gasteiger partial charge >= 0.3 is 0 Å². The summed E-state index contributed by atoms with van der Waals surface area (Å²) in [5, 5.41) is 9.32. The number of nitrogens with one attached hydrogen (secondary N) is 1. The van der Waals surface area contributed by atoms with Crippen LogP contribution in [0.15, 0.2) is 53.1 Å². The normalized spacial score (nSPS) is 12.2. The molecule has 0 bridgehead atoms. The zero-order valence-electron chi connectivity index (χ0n) is 12.9. The second kappa shape index (κ2) is 5.48. The molecule has 2 aromatic heterocycles. The fraction of sp³-hybridized carbons (Fsp3) is 0.0526. The van der Waals surface area contributed by atoms with Gasteiger partial charge in [0, 0.05) is 23.7 Å². The predicted molar refractivity (Wildman–Crippen MR) is 97.8 cm³/mol. The van der Waals surface area contributed by atoms with E-state index in [1.807, 2.05) is 18.3 Å². The smallest absolute Gasteiger partial charge is 0.250 e. The van der Waals surface area contributed by atoms with E-state index in [9.17, 15) is 0 Å². The van der Waals surface area contributed by atoms with Gasteiger partial charge in [0.05, 0.1) is 21.3 Å². The van der Waals surface area contributed by atoms with Crippen LogP contribution in [0.3, 0.4) is 0 Å². The Morgan fingerprint density at radius 3 is 2.64 bits per heavy atom. The maximum atomic E-state index is 6.07. The van der Waals surface area contributed by atoms with Crippen molar-refractivity contribution in [1.29, 1.82) is 0 Å². The Labute approximate surface area is 153 Å². The van der Waals surface area contributed by atoms with Gasteiger partial charge in [-0.1, -0.05) is 47.5 Å². The molecule has 6 heteroatoms. The maximum absolute atomic E-state index is 6.07. The number of fused-ring (bicyclic) bond motifs is 3. The number of aromatic nitrogens is 3. The summed E-state index contributed by atoms with van der Waals surface area (Å²) >= 11 is 12.0. The lowest BCUT2D eigenvalue weighted by Crippen LogP contribution is -1.83. The summed E-state index contributed by atoms with van der Waals surface area (Å²) in [5.41, 5.74) is 6.52. The highest BCUT2D eigenvalue weighted by Crippen LogP contribution is 2.41. The highest BCUT2D eigenvalue weighted by atomic mass is 35.5. The molecule has 5 rings (SSSR count). The van der Waals surface area contributed by atoms with Crippen molar-refractivity contribution >= 4 is 23.2 Å². The summed E-state index contributed by atoms with van der Waals surface area (Å²) in [6.07, 6.45) is 2.78. The van der Waals surface area contributed by atoms with E-state index in [1.54, 1.807) is 12.1 Å². The number of halogens is 2. The van der Waals surface area contributed by atoms with Gasteiger partial charge < -0.3 is 9.40 Å². The van der Waals surface area contributed by atoms with Crippen LogP contribution in [0.1, 0.15) is 11.1 Å². The van der Waals surface area contributed by atoms with Crippen molar-refractivity contribution in [3.63, 3.8) is 0 Å². The van der Waals surface area contributed by atoms with Crippen LogP contribution in [0, 0.1) is 0 Å². The summed E-state index contributed by atoms with van der Waals surface area (Å²) in [4.78, 5) is 3.34. The van der Waals surface area contributed by atoms with Crippen molar-refractivity contribution in [2.24, 2.45) is 0 Å². The van der Waals surface area contributed by atoms with Gasteiger partial charge in [-0.05, 0) is 29.3 Å². The standard InChI is InChI=1S/C19H11Cl2N3O/c20-15-6-5-11(8-16(15)21)18-23-24-19(25-18)14-9-22-17-12-4-2-1-3-10(12)7-13(14)17/h1-6,8-9,22H,7H2. The first-order chi connectivity index (χ1) is 12.2. The number of H-pyrrole nitrogens is 1. The zero-order valence-corrected chi connectivity index (χ0v) is 14.4. The monoisotopic (exact) mass is 367 g/mol. The van der Waals surface area contributed by atoms with E-state index >= 15 is 0 Å². The van der Waals surface area contributed by atoms with Crippen molar-refractivity contribution in [3.05, 3.63) is 69.8 Å². The van der Waals surface area contributed by atoms with Gasteiger partial charge in [0.2, 0.25) is 11.8 Å². The molecule has 4 aromatic rings. The van der Waals surface area contributed by atoms with Crippen LogP contribution in [0.25, 0.3) is 34.2 Å². The molecule has 2 heterocycles. The number of benzene rings is 2. The Hall–Kier alpha value is -2.56. The third kappa shape index (κ3) is 2.29. The Morgan fingerprint density at radius 1 is 0.920 bits per heavy atom. The molecule has 0 unspecified atom stereocenters. The molecular formula is C19H11Cl2N3O. The number of hydrogen-bond acceptors (Lipinski definition) is 3. The molecule has 0 radical (unpaired) electrons. The zero-order chi connectivity index (χ0) is 17.0. The molecule has 1 N–H and O–H groups in total. The Morgan fingerprint density at radius 2 is 1.76 bits per heavy atom. The average Bonchev–Trinajstić information content (AvgIpc) is 3.31. The first-order valence-electron chi connectivity index (χ1n) is 7.78. The van der Waals surface area contributed by atoms with E-state index in [0.717, 1.165) is 23.2 Å². The van der Waals surface area contributed by atoms with Crippen LogP contribution >= 0.6 is 23.2 Å². The fourth-order valence-corrected chi connectivity index (χ4v) is 3.55. The van der Waals surface area contributed by atoms with Crippen LogP contribution in [0.5, 0.6) is 0 Å². The molecule has 25 heavy (non-hydrogen) atoms. The van der Waals surface area contributed by atoms with Crippen molar-refractivity contribution in [2.45, 2.75) is 6.42 Å². The van der Waals surface area contributed by atoms with Gasteiger partial charge in [-0.15, -0.1) is 10.2 Å². The van der Waals surface area contributed by atoms with Gasteiger partial charge in [0.25, 0.3) is 0 Å². The van der Waals surface area contributed by atoms with Crippen LogP contribution in [-0.4, -0.2) is 15.2 Å². The van der Waals surface area contributed by atoms with Crippen molar-refractivity contribution < 1.29 is 4.42 Å². The molecule has 0 fully saturated rings. The average molecular weight is 368 g/mol. The first-order valence-corrected chi connectivity index (χ1v) is 8.54. The van der Waals surface area contributed by atoms with Gasteiger partial charge in [0.1, 0.15) is 0 Å². The molecule has 0 saturated carbocycles. The van der Waals surface area contributed by atoms with Crippen molar-refractivity contribution in [3.8, 4) is 34.2 Å². The lowest BCUT2D eigenvalue weighted by Gasteiger charge is -1.98. The molecule has 0 atom stereocenters. The molecule has 4 nitrogen and oxygen atoms in total. The molecular weight excluding hydrogens is 357 g/mol. The largest absolute Gasteiger partial charge is 0.416 e. The van der Waals surface area contributed by atoms with Gasteiger partial charge in [-0.2, -0.15) is 0 Å². The summed E-state index contributed by atoms with van der Waals surface area (Å²) in [7, 11) is 0. The van der Waals surface area contributed by atoms with E-state index in [4.69, 9.17) is 27.6 Å². The minimum Gasteiger partial charge on any atom is -0.416 e. The summed E-state index contributed by atoms with van der Waals surface area (Å²) in [6, 6.07) is 13.6. The predicted octanol–water partition coefficient (Wildman–Crippen LogP) is 5.61. The summed E-state index contributed by atoms with van der Waals surface area (Å²) in [6.45, 7) is 0. The lowest BCUT2D eigenvalue weighted by atomic mass is 10.1. The molecule has 0 spiro atoms. The van der Waals surface area contributed by atoms with Crippen molar-refractivity contribution in [2.75, 3.05) is 0 Å². The molecule has 2 aromatic carbocycles. The third-order valence-corrected chi connectivity index (χ3v) is 5.20. The second-order valence-corrected chi connectivity index (χ2v) is 6.75. The highest BCUT2D eigenvalue weighted by Gasteiger charge is 2.25. The van der Waals surface area contributed by atoms with Crippen LogP contribution in [-0.2, 0) is 6.42 Å². The number of hydrogen-bond donors (Lipinski definition) is 1. The van der Waals surface area contributed by atoms with Crippen LogP contribution in [0.4, 0.5) is 0 Å². The highest BCUT2D eigenvalue weighted by molar-refractivity contribution is 6.42. The number of rotatable bonds is 2. The quantitative estimate of drug-likeness (QED) is 0.441. The van der Waals surface area contributed by atoms with E-state index in [0.29, 0.717) is 21.8 Å². The Balaban J connectivity index is 1.55.